The lowest BCUT2D eigenvalue weighted by molar-refractivity contribution is -0.148. The largest absolute Gasteiger partial charge is 0.481 e. The second-order valence-electron chi connectivity index (χ2n) is 4.87. The minimum Gasteiger partial charge on any atom is -0.481 e. The highest BCUT2D eigenvalue weighted by Crippen LogP contribution is 2.24. The number of carbonyl (C=O) groups is 2. The Morgan fingerprint density at radius 1 is 1.39 bits per heavy atom. The van der Waals surface area contributed by atoms with E-state index in [4.69, 9.17) is 5.11 Å². The highest BCUT2D eigenvalue weighted by molar-refractivity contribution is 9.10. The molecule has 0 spiro atoms. The van der Waals surface area contributed by atoms with Gasteiger partial charge in [0.2, 0.25) is 5.91 Å². The molecule has 0 unspecified atom stereocenters. The molecular weight excluding hydrogens is 298 g/mol. The van der Waals surface area contributed by atoms with Crippen molar-refractivity contribution >= 4 is 33.5 Å². The Bertz CT molecular complexity index is 483. The van der Waals surface area contributed by atoms with Crippen molar-refractivity contribution in [1.29, 1.82) is 0 Å². The summed E-state index contributed by atoms with van der Waals surface area (Å²) in [5.74, 6) is -1.28. The topological polar surface area (TPSA) is 66.4 Å². The molecule has 18 heavy (non-hydrogen) atoms. The van der Waals surface area contributed by atoms with E-state index in [0.29, 0.717) is 5.69 Å². The van der Waals surface area contributed by atoms with Crippen LogP contribution in [0.3, 0.4) is 0 Å². The summed E-state index contributed by atoms with van der Waals surface area (Å²) in [6.45, 7) is 4.94. The minimum absolute atomic E-state index is 0.0612. The molecule has 1 amide bonds. The first kappa shape index (κ1) is 14.7. The highest BCUT2D eigenvalue weighted by atomic mass is 79.9. The summed E-state index contributed by atoms with van der Waals surface area (Å²) in [4.78, 5) is 22.7. The number of carboxylic acids is 1. The Morgan fingerprint density at radius 2 is 2.00 bits per heavy atom. The number of rotatable bonds is 4. The van der Waals surface area contributed by atoms with Crippen LogP contribution in [0.15, 0.2) is 22.7 Å². The van der Waals surface area contributed by atoms with Crippen LogP contribution in [0.25, 0.3) is 0 Å². The number of carboxylic acid groups (broad SMARTS) is 1. The molecule has 4 nitrogen and oxygen atoms in total. The summed E-state index contributed by atoms with van der Waals surface area (Å²) >= 11 is 3.33. The smallest absolute Gasteiger partial charge is 0.309 e. The first-order valence-electron chi connectivity index (χ1n) is 5.52. The molecule has 1 aromatic rings. The lowest BCUT2D eigenvalue weighted by Crippen LogP contribution is -2.29. The number of anilines is 1. The summed E-state index contributed by atoms with van der Waals surface area (Å²) in [6, 6.07) is 5.55. The molecule has 0 bridgehead atoms. The van der Waals surface area contributed by atoms with E-state index in [-0.39, 0.29) is 12.3 Å². The quantitative estimate of drug-likeness (QED) is 0.897. The monoisotopic (exact) mass is 313 g/mol. The van der Waals surface area contributed by atoms with E-state index in [2.05, 4.69) is 21.2 Å². The van der Waals surface area contributed by atoms with Crippen molar-refractivity contribution in [2.75, 3.05) is 5.32 Å². The summed E-state index contributed by atoms with van der Waals surface area (Å²) in [7, 11) is 0. The van der Waals surface area contributed by atoms with E-state index in [1.807, 2.05) is 19.1 Å². The zero-order valence-electron chi connectivity index (χ0n) is 10.6. The van der Waals surface area contributed by atoms with Gasteiger partial charge in [-0.15, -0.1) is 0 Å². The van der Waals surface area contributed by atoms with Gasteiger partial charge < -0.3 is 10.4 Å². The van der Waals surface area contributed by atoms with E-state index in [1.54, 1.807) is 6.07 Å². The standard InChI is InChI=1S/C13H16BrNO3/c1-8-4-5-9(14)6-10(8)15-11(16)7-13(2,3)12(17)18/h4-6H,7H2,1-3H3,(H,15,16)(H,17,18). The fourth-order valence-corrected chi connectivity index (χ4v) is 1.76. The van der Waals surface area contributed by atoms with Crippen molar-refractivity contribution in [2.45, 2.75) is 27.2 Å². The Kier molecular flexibility index (Phi) is 4.51. The molecule has 2 N–H and O–H groups in total. The first-order valence-corrected chi connectivity index (χ1v) is 6.31. The van der Waals surface area contributed by atoms with E-state index >= 15 is 0 Å². The second kappa shape index (κ2) is 5.52. The molecule has 1 aromatic carbocycles. The van der Waals surface area contributed by atoms with Gasteiger partial charge in [-0.2, -0.15) is 0 Å². The molecule has 0 aromatic heterocycles. The molecular formula is C13H16BrNO3. The maximum absolute atomic E-state index is 11.8. The van der Waals surface area contributed by atoms with E-state index in [0.717, 1.165) is 10.0 Å². The Morgan fingerprint density at radius 3 is 2.56 bits per heavy atom. The number of halogens is 1. The molecule has 0 saturated carbocycles. The van der Waals surface area contributed by atoms with Crippen molar-refractivity contribution in [2.24, 2.45) is 5.41 Å². The van der Waals surface area contributed by atoms with Crippen LogP contribution in [0.5, 0.6) is 0 Å². The molecule has 0 aliphatic carbocycles. The number of carbonyl (C=O) groups excluding carboxylic acids is 1. The lowest BCUT2D eigenvalue weighted by Gasteiger charge is -2.18. The number of aliphatic carboxylic acids is 1. The molecule has 0 fully saturated rings. The van der Waals surface area contributed by atoms with Gasteiger partial charge in [0.15, 0.2) is 0 Å². The predicted molar refractivity (Wildman–Crippen MR) is 73.5 cm³/mol. The number of nitrogens with one attached hydrogen (secondary N) is 1. The van der Waals surface area contributed by atoms with Gasteiger partial charge in [0.25, 0.3) is 0 Å². The molecule has 0 atom stereocenters. The Balaban J connectivity index is 2.77. The number of amides is 1. The summed E-state index contributed by atoms with van der Waals surface area (Å²) < 4.78 is 0.862. The molecule has 0 saturated heterocycles. The van der Waals surface area contributed by atoms with Gasteiger partial charge in [-0.05, 0) is 38.5 Å². The zero-order chi connectivity index (χ0) is 13.9. The third kappa shape index (κ3) is 3.84. The fourth-order valence-electron chi connectivity index (χ4n) is 1.40. The number of benzene rings is 1. The minimum atomic E-state index is -1.07. The van der Waals surface area contributed by atoms with Gasteiger partial charge in [-0.3, -0.25) is 9.59 Å². The average Bonchev–Trinajstić information content (AvgIpc) is 2.22. The molecule has 1 rings (SSSR count). The van der Waals surface area contributed by atoms with Crippen molar-refractivity contribution in [3.63, 3.8) is 0 Å². The molecule has 98 valence electrons. The number of aryl methyl sites for hydroxylation is 1. The average molecular weight is 314 g/mol. The Hall–Kier alpha value is -1.36. The summed E-state index contributed by atoms with van der Waals surface area (Å²) in [6.07, 6.45) is -0.0612. The van der Waals surface area contributed by atoms with Crippen LogP contribution < -0.4 is 5.32 Å². The first-order chi connectivity index (χ1) is 8.22. The SMILES string of the molecule is Cc1ccc(Br)cc1NC(=O)CC(C)(C)C(=O)O. The van der Waals surface area contributed by atoms with Crippen molar-refractivity contribution in [1.82, 2.24) is 0 Å². The molecule has 0 radical (unpaired) electrons. The summed E-state index contributed by atoms with van der Waals surface area (Å²) in [5.41, 5.74) is 0.555. The number of hydrogen-bond acceptors (Lipinski definition) is 2. The third-order valence-electron chi connectivity index (χ3n) is 2.66. The molecule has 0 aliphatic rings. The van der Waals surface area contributed by atoms with E-state index in [9.17, 15) is 9.59 Å². The molecule has 5 heteroatoms. The van der Waals surface area contributed by atoms with Crippen LogP contribution in [0, 0.1) is 12.3 Å². The van der Waals surface area contributed by atoms with E-state index in [1.165, 1.54) is 13.8 Å². The highest BCUT2D eigenvalue weighted by Gasteiger charge is 2.30. The zero-order valence-corrected chi connectivity index (χ0v) is 12.2. The van der Waals surface area contributed by atoms with Gasteiger partial charge in [-0.25, -0.2) is 0 Å². The fraction of sp³-hybridized carbons (Fsp3) is 0.385. The van der Waals surface area contributed by atoms with Crippen LogP contribution in [0.4, 0.5) is 5.69 Å². The van der Waals surface area contributed by atoms with Crippen LogP contribution in [-0.4, -0.2) is 17.0 Å². The lowest BCUT2D eigenvalue weighted by atomic mass is 9.89. The van der Waals surface area contributed by atoms with Crippen molar-refractivity contribution < 1.29 is 14.7 Å². The van der Waals surface area contributed by atoms with Gasteiger partial charge in [0, 0.05) is 16.6 Å². The van der Waals surface area contributed by atoms with Gasteiger partial charge in [0.05, 0.1) is 5.41 Å². The van der Waals surface area contributed by atoms with E-state index < -0.39 is 11.4 Å². The van der Waals surface area contributed by atoms with Crippen LogP contribution >= 0.6 is 15.9 Å². The normalized spacial score (nSPS) is 11.1. The van der Waals surface area contributed by atoms with Crippen LogP contribution in [0.1, 0.15) is 25.8 Å². The van der Waals surface area contributed by atoms with Gasteiger partial charge >= 0.3 is 5.97 Å². The molecule has 0 aliphatic heterocycles. The Labute approximate surface area is 115 Å². The van der Waals surface area contributed by atoms with Gasteiger partial charge in [0.1, 0.15) is 0 Å². The number of hydrogen-bond donors (Lipinski definition) is 2. The van der Waals surface area contributed by atoms with Crippen LogP contribution in [-0.2, 0) is 9.59 Å². The maximum atomic E-state index is 11.8. The van der Waals surface area contributed by atoms with Crippen LogP contribution in [0.2, 0.25) is 0 Å². The van der Waals surface area contributed by atoms with Crippen molar-refractivity contribution in [3.05, 3.63) is 28.2 Å². The maximum Gasteiger partial charge on any atom is 0.309 e. The summed E-state index contributed by atoms with van der Waals surface area (Å²) in [5, 5.41) is 11.7. The van der Waals surface area contributed by atoms with Gasteiger partial charge in [-0.1, -0.05) is 22.0 Å². The second-order valence-corrected chi connectivity index (χ2v) is 5.79. The molecule has 0 heterocycles. The predicted octanol–water partition coefficient (Wildman–Crippen LogP) is 3.20. The van der Waals surface area contributed by atoms with Crippen molar-refractivity contribution in [3.8, 4) is 0 Å². The third-order valence-corrected chi connectivity index (χ3v) is 3.15.